The van der Waals surface area contributed by atoms with E-state index in [0.29, 0.717) is 0 Å². The van der Waals surface area contributed by atoms with Gasteiger partial charge in [0, 0.05) is 22.6 Å². The van der Waals surface area contributed by atoms with E-state index in [9.17, 15) is 0 Å². The van der Waals surface area contributed by atoms with Crippen LogP contribution in [0.3, 0.4) is 0 Å². The summed E-state index contributed by atoms with van der Waals surface area (Å²) in [7, 11) is 0. The third kappa shape index (κ3) is 2.86. The zero-order valence-electron chi connectivity index (χ0n) is 14.6. The molecule has 0 aliphatic carbocycles. The summed E-state index contributed by atoms with van der Waals surface area (Å²) in [5.41, 5.74) is 6.08. The summed E-state index contributed by atoms with van der Waals surface area (Å²) in [6.07, 6.45) is 5.26. The van der Waals surface area contributed by atoms with E-state index in [0.717, 1.165) is 44.2 Å². The first kappa shape index (κ1) is 16.1. The van der Waals surface area contributed by atoms with Crippen LogP contribution in [0.5, 0.6) is 0 Å². The van der Waals surface area contributed by atoms with Crippen LogP contribution in [0.2, 0.25) is 0 Å². The minimum Gasteiger partial charge on any atom is -0.455 e. The standard InChI is InChI=1S/C24H19NO/c1-17(16-19(14-15-25)18-8-3-2-4-9-18)20-11-7-12-22-21-10-5-6-13-23(21)26-24(20)22/h2-16,25H,1H3/b17-16+,19-14+,25-15?. The molecule has 126 valence electrons. The molecular weight excluding hydrogens is 318 g/mol. The quantitative estimate of drug-likeness (QED) is 0.325. The summed E-state index contributed by atoms with van der Waals surface area (Å²) in [5, 5.41) is 9.75. The van der Waals surface area contributed by atoms with Crippen molar-refractivity contribution in [2.75, 3.05) is 0 Å². The molecule has 0 atom stereocenters. The van der Waals surface area contributed by atoms with E-state index in [1.807, 2.05) is 42.5 Å². The van der Waals surface area contributed by atoms with Crippen molar-refractivity contribution in [2.24, 2.45) is 0 Å². The number of allylic oxidation sites excluding steroid dienone is 4. The Morgan fingerprint density at radius 1 is 0.846 bits per heavy atom. The van der Waals surface area contributed by atoms with Crippen LogP contribution >= 0.6 is 0 Å². The molecule has 0 bridgehead atoms. The fourth-order valence-corrected chi connectivity index (χ4v) is 3.32. The van der Waals surface area contributed by atoms with Crippen molar-refractivity contribution in [1.82, 2.24) is 0 Å². The highest BCUT2D eigenvalue weighted by molar-refractivity contribution is 6.08. The molecule has 0 spiro atoms. The molecule has 4 aromatic rings. The zero-order chi connectivity index (χ0) is 17.9. The number of para-hydroxylation sites is 2. The Bertz CT molecular complexity index is 1150. The lowest BCUT2D eigenvalue weighted by atomic mass is 9.98. The van der Waals surface area contributed by atoms with Crippen molar-refractivity contribution < 1.29 is 4.42 Å². The topological polar surface area (TPSA) is 37.0 Å². The number of rotatable bonds is 4. The Labute approximate surface area is 152 Å². The van der Waals surface area contributed by atoms with Crippen molar-refractivity contribution in [3.05, 3.63) is 96.1 Å². The van der Waals surface area contributed by atoms with Gasteiger partial charge in [0.15, 0.2) is 0 Å². The van der Waals surface area contributed by atoms with Crippen LogP contribution in [0.25, 0.3) is 33.1 Å². The highest BCUT2D eigenvalue weighted by Crippen LogP contribution is 2.34. The van der Waals surface area contributed by atoms with Crippen molar-refractivity contribution in [1.29, 1.82) is 5.41 Å². The Kier molecular flexibility index (Phi) is 4.24. The van der Waals surface area contributed by atoms with Gasteiger partial charge in [0.2, 0.25) is 0 Å². The Balaban J connectivity index is 1.87. The second-order valence-electron chi connectivity index (χ2n) is 6.26. The lowest BCUT2D eigenvalue weighted by Crippen LogP contribution is -1.85. The van der Waals surface area contributed by atoms with Gasteiger partial charge in [-0.3, -0.25) is 0 Å². The summed E-state index contributed by atoms with van der Waals surface area (Å²) < 4.78 is 6.15. The summed E-state index contributed by atoms with van der Waals surface area (Å²) in [5.74, 6) is 0. The summed E-state index contributed by atoms with van der Waals surface area (Å²) >= 11 is 0. The molecule has 0 aliphatic heterocycles. The van der Waals surface area contributed by atoms with E-state index in [1.54, 1.807) is 0 Å². The third-order valence-electron chi connectivity index (χ3n) is 4.57. The fraction of sp³-hybridized carbons (Fsp3) is 0.0417. The Morgan fingerprint density at radius 3 is 2.38 bits per heavy atom. The summed E-state index contributed by atoms with van der Waals surface area (Å²) in [4.78, 5) is 0. The SMILES string of the molecule is C/C(=C\C(=C/C=N)c1ccccc1)c1cccc2c1oc1ccccc12. The second-order valence-corrected chi connectivity index (χ2v) is 6.26. The smallest absolute Gasteiger partial charge is 0.142 e. The first-order valence-electron chi connectivity index (χ1n) is 8.63. The number of benzene rings is 3. The van der Waals surface area contributed by atoms with Crippen LogP contribution in [-0.4, -0.2) is 6.21 Å². The highest BCUT2D eigenvalue weighted by atomic mass is 16.3. The average molecular weight is 337 g/mol. The molecule has 0 amide bonds. The molecule has 0 saturated heterocycles. The van der Waals surface area contributed by atoms with E-state index in [-0.39, 0.29) is 0 Å². The molecule has 1 aromatic heterocycles. The van der Waals surface area contributed by atoms with E-state index < -0.39 is 0 Å². The van der Waals surface area contributed by atoms with Gasteiger partial charge in [-0.25, -0.2) is 0 Å². The van der Waals surface area contributed by atoms with Crippen LogP contribution in [0.1, 0.15) is 18.1 Å². The van der Waals surface area contributed by atoms with E-state index >= 15 is 0 Å². The minimum absolute atomic E-state index is 0.904. The predicted octanol–water partition coefficient (Wildman–Crippen LogP) is 6.72. The van der Waals surface area contributed by atoms with Gasteiger partial charge in [0.1, 0.15) is 11.2 Å². The summed E-state index contributed by atoms with van der Waals surface area (Å²) in [6, 6.07) is 24.5. The Hall–Kier alpha value is -3.39. The third-order valence-corrected chi connectivity index (χ3v) is 4.57. The normalized spacial score (nSPS) is 12.7. The van der Waals surface area contributed by atoms with Crippen LogP contribution < -0.4 is 0 Å². The largest absolute Gasteiger partial charge is 0.455 e. The van der Waals surface area contributed by atoms with Crippen LogP contribution in [0.4, 0.5) is 0 Å². The second kappa shape index (κ2) is 6.85. The van der Waals surface area contributed by atoms with Crippen molar-refractivity contribution >= 4 is 39.3 Å². The van der Waals surface area contributed by atoms with Crippen molar-refractivity contribution in [3.63, 3.8) is 0 Å². The average Bonchev–Trinajstić information content (AvgIpc) is 3.07. The molecule has 0 aliphatic rings. The van der Waals surface area contributed by atoms with Crippen molar-refractivity contribution in [3.8, 4) is 0 Å². The van der Waals surface area contributed by atoms with Gasteiger partial charge in [-0.15, -0.1) is 0 Å². The van der Waals surface area contributed by atoms with E-state index in [1.165, 1.54) is 6.21 Å². The van der Waals surface area contributed by atoms with Crippen LogP contribution in [-0.2, 0) is 0 Å². The number of fused-ring (bicyclic) bond motifs is 3. The number of hydrogen-bond donors (Lipinski definition) is 1. The highest BCUT2D eigenvalue weighted by Gasteiger charge is 2.11. The molecule has 1 heterocycles. The van der Waals surface area contributed by atoms with Gasteiger partial charge in [0.25, 0.3) is 0 Å². The van der Waals surface area contributed by atoms with Gasteiger partial charge in [-0.2, -0.15) is 0 Å². The van der Waals surface area contributed by atoms with Gasteiger partial charge in [-0.05, 0) is 35.8 Å². The molecular formula is C24H19NO. The molecule has 2 nitrogen and oxygen atoms in total. The maximum Gasteiger partial charge on any atom is 0.142 e. The maximum atomic E-state index is 7.49. The fourth-order valence-electron chi connectivity index (χ4n) is 3.32. The molecule has 0 fully saturated rings. The number of hydrogen-bond acceptors (Lipinski definition) is 2. The molecule has 1 N–H and O–H groups in total. The molecule has 0 unspecified atom stereocenters. The van der Waals surface area contributed by atoms with E-state index in [4.69, 9.17) is 9.83 Å². The minimum atomic E-state index is 0.904. The first-order chi connectivity index (χ1) is 12.8. The van der Waals surface area contributed by atoms with Gasteiger partial charge < -0.3 is 9.83 Å². The molecule has 3 aromatic carbocycles. The predicted molar refractivity (Wildman–Crippen MR) is 111 cm³/mol. The molecule has 0 saturated carbocycles. The van der Waals surface area contributed by atoms with Crippen LogP contribution in [0.15, 0.2) is 89.4 Å². The molecule has 26 heavy (non-hydrogen) atoms. The lowest BCUT2D eigenvalue weighted by molar-refractivity contribution is 0.667. The van der Waals surface area contributed by atoms with Gasteiger partial charge >= 0.3 is 0 Å². The molecule has 2 heteroatoms. The zero-order valence-corrected chi connectivity index (χ0v) is 14.6. The number of furan rings is 1. The lowest BCUT2D eigenvalue weighted by Gasteiger charge is -2.06. The van der Waals surface area contributed by atoms with Crippen molar-refractivity contribution in [2.45, 2.75) is 6.92 Å². The maximum absolute atomic E-state index is 7.49. The van der Waals surface area contributed by atoms with E-state index in [2.05, 4.69) is 49.4 Å². The molecule has 0 radical (unpaired) electrons. The van der Waals surface area contributed by atoms with Crippen LogP contribution in [0, 0.1) is 5.41 Å². The summed E-state index contributed by atoms with van der Waals surface area (Å²) in [6.45, 7) is 2.09. The Morgan fingerprint density at radius 2 is 1.58 bits per heavy atom. The number of nitrogens with one attached hydrogen (secondary N) is 1. The molecule has 4 rings (SSSR count). The first-order valence-corrected chi connectivity index (χ1v) is 8.63. The van der Waals surface area contributed by atoms with Gasteiger partial charge in [-0.1, -0.05) is 72.8 Å². The monoisotopic (exact) mass is 337 g/mol. The van der Waals surface area contributed by atoms with Gasteiger partial charge in [0.05, 0.1) is 0 Å².